The van der Waals surface area contributed by atoms with Crippen molar-refractivity contribution in [2.75, 3.05) is 0 Å². The van der Waals surface area contributed by atoms with E-state index in [1.807, 2.05) is 0 Å². The Hall–Kier alpha value is 0.186. The van der Waals surface area contributed by atoms with Crippen molar-refractivity contribution in [3.8, 4) is 0 Å². The van der Waals surface area contributed by atoms with Gasteiger partial charge in [-0.3, -0.25) is 12.9 Å². The third kappa shape index (κ3) is 1.75. The van der Waals surface area contributed by atoms with Crippen LogP contribution >= 0.6 is 12.9 Å². The normalized spacial score (nSPS) is 9.75. The van der Waals surface area contributed by atoms with Gasteiger partial charge in [0, 0.05) is 0 Å². The quantitative estimate of drug-likeness (QED) is 0.310. The molecule has 0 saturated carbocycles. The van der Waals surface area contributed by atoms with Gasteiger partial charge in [0.2, 0.25) is 0 Å². The van der Waals surface area contributed by atoms with E-state index < -0.39 is 41.5 Å². The highest BCUT2D eigenvalue weighted by molar-refractivity contribution is 9.23. The van der Waals surface area contributed by atoms with E-state index in [0.29, 0.717) is 6.07 Å². The summed E-state index contributed by atoms with van der Waals surface area (Å²) < 4.78 is 49.8. The molecular formula is C6HBrF4Mg. The van der Waals surface area contributed by atoms with Gasteiger partial charge in [0.25, 0.3) is 0 Å². The van der Waals surface area contributed by atoms with Crippen LogP contribution in [0.25, 0.3) is 0 Å². The molecule has 0 heterocycles. The second-order valence-electron chi connectivity index (χ2n) is 2.09. The smallest absolute Gasteiger partial charge is 0.296 e. The van der Waals surface area contributed by atoms with Gasteiger partial charge < -0.3 is 0 Å². The van der Waals surface area contributed by atoms with E-state index in [4.69, 9.17) is 0 Å². The lowest BCUT2D eigenvalue weighted by Gasteiger charge is -2.01. The average molecular weight is 253 g/mol. The number of benzene rings is 1. The van der Waals surface area contributed by atoms with Crippen LogP contribution < -0.4 is 3.69 Å². The zero-order valence-corrected chi connectivity index (χ0v) is 8.67. The van der Waals surface area contributed by atoms with Crippen LogP contribution in [0.5, 0.6) is 0 Å². The molecule has 12 heavy (non-hydrogen) atoms. The Balaban J connectivity index is 3.39. The first-order valence-corrected chi connectivity index (χ1v) is 7.56. The van der Waals surface area contributed by atoms with Crippen molar-refractivity contribution in [3.05, 3.63) is 29.3 Å². The van der Waals surface area contributed by atoms with Crippen LogP contribution in [0, 0.1) is 23.3 Å². The first-order valence-electron chi connectivity index (χ1n) is 2.95. The zero-order valence-electron chi connectivity index (χ0n) is 5.67. The van der Waals surface area contributed by atoms with E-state index in [2.05, 4.69) is 12.9 Å². The maximum Gasteiger partial charge on any atom is 0.511 e. The highest BCUT2D eigenvalue weighted by Gasteiger charge is 2.17. The summed E-state index contributed by atoms with van der Waals surface area (Å²) in [5.41, 5.74) is 0. The fourth-order valence-electron chi connectivity index (χ4n) is 0.719. The van der Waals surface area contributed by atoms with E-state index in [9.17, 15) is 17.6 Å². The Morgan fingerprint density at radius 3 is 2.08 bits per heavy atom. The summed E-state index contributed by atoms with van der Waals surface area (Å²) in [4.78, 5) is 0. The highest BCUT2D eigenvalue weighted by atomic mass is 79.9. The van der Waals surface area contributed by atoms with Gasteiger partial charge in [-0.2, -0.15) is 0 Å². The van der Waals surface area contributed by atoms with Crippen molar-refractivity contribution < 1.29 is 17.6 Å². The largest absolute Gasteiger partial charge is 0.511 e. The van der Waals surface area contributed by atoms with Gasteiger partial charge in [-0.25, -0.2) is 17.6 Å². The predicted octanol–water partition coefficient (Wildman–Crippen LogP) is 1.88. The SMILES string of the molecule is Fc1c[c]([Mg][Br])c(F)c(F)c1F. The van der Waals surface area contributed by atoms with Crippen LogP contribution in [0.2, 0.25) is 0 Å². The first kappa shape index (κ1) is 10.3. The fraction of sp³-hybridized carbons (Fsp3) is 0. The van der Waals surface area contributed by atoms with Gasteiger partial charge in [-0.15, -0.1) is 3.69 Å². The van der Waals surface area contributed by atoms with Crippen LogP contribution in [-0.4, -0.2) is 18.2 Å². The summed E-state index contributed by atoms with van der Waals surface area (Å²) in [7, 11) is 0. The van der Waals surface area contributed by atoms with Crippen molar-refractivity contribution in [1.82, 2.24) is 0 Å². The molecule has 1 rings (SSSR count). The van der Waals surface area contributed by atoms with E-state index in [1.165, 1.54) is 0 Å². The Morgan fingerprint density at radius 2 is 1.58 bits per heavy atom. The number of rotatable bonds is 1. The van der Waals surface area contributed by atoms with Crippen LogP contribution in [-0.2, 0) is 0 Å². The molecule has 6 heteroatoms. The van der Waals surface area contributed by atoms with Crippen molar-refractivity contribution in [3.63, 3.8) is 0 Å². The molecule has 0 radical (unpaired) electrons. The molecule has 0 saturated heterocycles. The Morgan fingerprint density at radius 1 is 1.00 bits per heavy atom. The van der Waals surface area contributed by atoms with Gasteiger partial charge in [0.1, 0.15) is 5.82 Å². The van der Waals surface area contributed by atoms with E-state index in [1.54, 1.807) is 0 Å². The van der Waals surface area contributed by atoms with Gasteiger partial charge >= 0.3 is 18.2 Å². The van der Waals surface area contributed by atoms with Gasteiger partial charge in [0.15, 0.2) is 17.5 Å². The van der Waals surface area contributed by atoms with Crippen LogP contribution in [0.3, 0.4) is 0 Å². The van der Waals surface area contributed by atoms with Crippen LogP contribution in [0.4, 0.5) is 17.6 Å². The highest BCUT2D eigenvalue weighted by Crippen LogP contribution is 2.12. The minimum Gasteiger partial charge on any atom is -0.296 e. The van der Waals surface area contributed by atoms with Crippen molar-refractivity contribution in [1.29, 1.82) is 0 Å². The molecular weight excluding hydrogens is 252 g/mol. The van der Waals surface area contributed by atoms with E-state index >= 15 is 0 Å². The fourth-order valence-corrected chi connectivity index (χ4v) is 2.47. The minimum absolute atomic E-state index is 0.105. The summed E-state index contributed by atoms with van der Waals surface area (Å²) in [5.74, 6) is -6.14. The maximum atomic E-state index is 12.7. The third-order valence-corrected chi connectivity index (χ3v) is 3.94. The standard InChI is InChI=1S/C6HF4.BrH.Mg/c7-3-1-2-4(8)6(10)5(3)9;;/h1H;1H;/q;;+1/p-1. The van der Waals surface area contributed by atoms with E-state index in [0.717, 1.165) is 0 Å². The molecule has 0 aliphatic heterocycles. The second kappa shape index (κ2) is 3.93. The van der Waals surface area contributed by atoms with Crippen molar-refractivity contribution in [2.45, 2.75) is 0 Å². The molecule has 1 aromatic rings. The lowest BCUT2D eigenvalue weighted by atomic mass is 10.3. The minimum atomic E-state index is -1.76. The molecule has 1 aromatic carbocycles. The summed E-state index contributed by atoms with van der Waals surface area (Å²) in [6.45, 7) is 0. The molecule has 0 nitrogen and oxygen atoms in total. The molecule has 0 spiro atoms. The number of halogens is 5. The Kier molecular flexibility index (Phi) is 3.36. The summed E-state index contributed by atoms with van der Waals surface area (Å²) in [6, 6.07) is 0.675. The summed E-state index contributed by atoms with van der Waals surface area (Å²) in [6.07, 6.45) is 0. The molecule has 62 valence electrons. The van der Waals surface area contributed by atoms with Crippen LogP contribution in [0.15, 0.2) is 6.07 Å². The van der Waals surface area contributed by atoms with Crippen molar-refractivity contribution in [2.24, 2.45) is 0 Å². The molecule has 0 unspecified atom stereocenters. The molecule has 0 aliphatic carbocycles. The average Bonchev–Trinajstić information content (AvgIpc) is 2.08. The second-order valence-corrected chi connectivity index (χ2v) is 4.80. The molecule has 0 fully saturated rings. The van der Waals surface area contributed by atoms with Crippen LogP contribution in [0.1, 0.15) is 0 Å². The van der Waals surface area contributed by atoms with E-state index in [-0.39, 0.29) is 3.69 Å². The topological polar surface area (TPSA) is 0 Å². The molecule has 0 bridgehead atoms. The first-order chi connectivity index (χ1) is 5.57. The number of hydrogen-bond acceptors (Lipinski definition) is 0. The Bertz CT molecular complexity index is 315. The molecule has 0 aliphatic rings. The molecule has 0 aromatic heterocycles. The third-order valence-electron chi connectivity index (χ3n) is 1.32. The lowest BCUT2D eigenvalue weighted by molar-refractivity contribution is 0.412. The summed E-state index contributed by atoms with van der Waals surface area (Å²) >= 11 is 1.74. The van der Waals surface area contributed by atoms with Gasteiger partial charge in [-0.1, -0.05) is 0 Å². The number of hydrogen-bond donors (Lipinski definition) is 0. The maximum absolute atomic E-state index is 12.7. The molecule has 0 N–H and O–H groups in total. The van der Waals surface area contributed by atoms with Crippen molar-refractivity contribution >= 4 is 34.8 Å². The monoisotopic (exact) mass is 252 g/mol. The van der Waals surface area contributed by atoms with Gasteiger partial charge in [-0.05, 0) is 6.07 Å². The molecule has 0 amide bonds. The lowest BCUT2D eigenvalue weighted by Crippen LogP contribution is -2.18. The summed E-state index contributed by atoms with van der Waals surface area (Å²) in [5, 5.41) is 0. The molecule has 0 atom stereocenters. The predicted molar refractivity (Wildman–Crippen MR) is 40.6 cm³/mol. The zero-order chi connectivity index (χ0) is 9.30. The Labute approximate surface area is 81.5 Å². The van der Waals surface area contributed by atoms with Gasteiger partial charge in [0.05, 0.1) is 0 Å².